The maximum absolute atomic E-state index is 5.65. The third kappa shape index (κ3) is 2.99. The lowest BCUT2D eigenvalue weighted by molar-refractivity contribution is 0.529. The van der Waals surface area contributed by atoms with Crippen molar-refractivity contribution < 1.29 is 4.42 Å². The summed E-state index contributed by atoms with van der Waals surface area (Å²) in [5.74, 6) is 0.948. The molecule has 0 aliphatic heterocycles. The Bertz CT molecular complexity index is 1480. The average Bonchev–Trinajstić information content (AvgIpc) is 3.59. The molecule has 1 aromatic carbocycles. The third-order valence-electron chi connectivity index (χ3n) is 4.73. The lowest BCUT2D eigenvalue weighted by atomic mass is 10.1. The summed E-state index contributed by atoms with van der Waals surface area (Å²) >= 11 is 1.50. The van der Waals surface area contributed by atoms with Crippen molar-refractivity contribution in [1.82, 2.24) is 34.5 Å². The minimum Gasteiger partial charge on any atom is -0.432 e. The first kappa shape index (κ1) is 17.6. The molecule has 6 aromatic rings. The predicted octanol–water partition coefficient (Wildman–Crippen LogP) is 4.66. The predicted molar refractivity (Wildman–Crippen MR) is 116 cm³/mol. The molecule has 0 unspecified atom stereocenters. The molecule has 0 saturated heterocycles. The molecule has 0 saturated carbocycles. The zero-order valence-corrected chi connectivity index (χ0v) is 16.8. The molecule has 0 aliphatic rings. The standard InChI is InChI=1S/C22H13N7OS/c1-2-5-15-14(4-1)6-7-16(27-15)17-18(21-25-11-13-31-21)29(22-26-10-12-30-22)20(28-17)19-23-8-3-9-24-19/h1-13H. The molecule has 5 aromatic heterocycles. The molecule has 0 radical (unpaired) electrons. The van der Waals surface area contributed by atoms with Crippen LogP contribution in [-0.4, -0.2) is 34.5 Å². The molecule has 0 N–H and O–H groups in total. The minimum atomic E-state index is 0.354. The van der Waals surface area contributed by atoms with Crippen LogP contribution in [0.4, 0.5) is 0 Å². The van der Waals surface area contributed by atoms with Crippen LogP contribution >= 0.6 is 11.3 Å². The van der Waals surface area contributed by atoms with Crippen LogP contribution in [0.2, 0.25) is 0 Å². The fourth-order valence-electron chi connectivity index (χ4n) is 3.41. The first-order valence-electron chi connectivity index (χ1n) is 9.44. The van der Waals surface area contributed by atoms with E-state index in [2.05, 4.69) is 19.9 Å². The van der Waals surface area contributed by atoms with E-state index in [-0.39, 0.29) is 0 Å². The monoisotopic (exact) mass is 423 g/mol. The normalized spacial score (nSPS) is 11.2. The van der Waals surface area contributed by atoms with Crippen LogP contribution in [0.1, 0.15) is 0 Å². The van der Waals surface area contributed by atoms with Crippen molar-refractivity contribution in [3.05, 3.63) is 78.9 Å². The Hall–Kier alpha value is -4.24. The minimum absolute atomic E-state index is 0.354. The van der Waals surface area contributed by atoms with Gasteiger partial charge in [0, 0.05) is 29.4 Å². The molecular formula is C22H13N7OS. The molecular weight excluding hydrogens is 410 g/mol. The Labute approximate surface area is 180 Å². The second-order valence-electron chi connectivity index (χ2n) is 6.58. The maximum atomic E-state index is 5.65. The average molecular weight is 423 g/mol. The molecule has 6 rings (SSSR count). The molecule has 0 aliphatic carbocycles. The van der Waals surface area contributed by atoms with Gasteiger partial charge in [-0.1, -0.05) is 24.3 Å². The number of benzene rings is 1. The highest BCUT2D eigenvalue weighted by atomic mass is 32.1. The molecule has 5 heterocycles. The van der Waals surface area contributed by atoms with Gasteiger partial charge in [-0.05, 0) is 18.2 Å². The number of oxazole rings is 1. The number of fused-ring (bicyclic) bond motifs is 1. The van der Waals surface area contributed by atoms with Gasteiger partial charge in [0.25, 0.3) is 0 Å². The number of imidazole rings is 1. The number of hydrogen-bond donors (Lipinski definition) is 0. The van der Waals surface area contributed by atoms with Crippen LogP contribution in [0.5, 0.6) is 0 Å². The zero-order chi connectivity index (χ0) is 20.6. The van der Waals surface area contributed by atoms with Gasteiger partial charge in [-0.2, -0.15) is 0 Å². The molecule has 8 nitrogen and oxygen atoms in total. The van der Waals surface area contributed by atoms with Crippen molar-refractivity contribution in [2.45, 2.75) is 0 Å². The quantitative estimate of drug-likeness (QED) is 0.407. The third-order valence-corrected chi connectivity index (χ3v) is 5.51. The van der Waals surface area contributed by atoms with Crippen LogP contribution in [0, 0.1) is 0 Å². The summed E-state index contributed by atoms with van der Waals surface area (Å²) in [5.41, 5.74) is 2.98. The van der Waals surface area contributed by atoms with E-state index in [9.17, 15) is 0 Å². The van der Waals surface area contributed by atoms with Crippen LogP contribution in [0.3, 0.4) is 0 Å². The topological polar surface area (TPSA) is 95.4 Å². The highest BCUT2D eigenvalue weighted by molar-refractivity contribution is 7.13. The largest absolute Gasteiger partial charge is 0.432 e. The number of pyridine rings is 1. The van der Waals surface area contributed by atoms with Gasteiger partial charge in [0.15, 0.2) is 11.6 Å². The Morgan fingerprint density at radius 2 is 1.71 bits per heavy atom. The highest BCUT2D eigenvalue weighted by Crippen LogP contribution is 2.37. The second kappa shape index (κ2) is 7.22. The summed E-state index contributed by atoms with van der Waals surface area (Å²) in [4.78, 5) is 27.5. The maximum Gasteiger partial charge on any atom is 0.308 e. The van der Waals surface area contributed by atoms with Gasteiger partial charge < -0.3 is 4.42 Å². The number of aromatic nitrogens is 7. The molecule has 9 heteroatoms. The molecule has 0 amide bonds. The fourth-order valence-corrected chi connectivity index (χ4v) is 4.08. The number of hydrogen-bond acceptors (Lipinski definition) is 8. The summed E-state index contributed by atoms with van der Waals surface area (Å²) in [7, 11) is 0. The Morgan fingerprint density at radius 3 is 2.52 bits per heavy atom. The van der Waals surface area contributed by atoms with Gasteiger partial charge in [0.2, 0.25) is 0 Å². The Balaban J connectivity index is 1.69. The van der Waals surface area contributed by atoms with Crippen LogP contribution in [0.25, 0.3) is 50.7 Å². The number of nitrogens with zero attached hydrogens (tertiary/aromatic N) is 7. The van der Waals surface area contributed by atoms with E-state index >= 15 is 0 Å². The molecule has 0 atom stereocenters. The van der Waals surface area contributed by atoms with E-state index < -0.39 is 0 Å². The second-order valence-corrected chi connectivity index (χ2v) is 7.48. The number of para-hydroxylation sites is 1. The molecule has 148 valence electrons. The van der Waals surface area contributed by atoms with Crippen LogP contribution in [0.15, 0.2) is 83.3 Å². The molecule has 0 fully saturated rings. The van der Waals surface area contributed by atoms with E-state index in [4.69, 9.17) is 14.4 Å². The van der Waals surface area contributed by atoms with E-state index in [0.29, 0.717) is 29.1 Å². The van der Waals surface area contributed by atoms with Crippen LogP contribution < -0.4 is 0 Å². The summed E-state index contributed by atoms with van der Waals surface area (Å²) in [6.45, 7) is 0. The van der Waals surface area contributed by atoms with Crippen molar-refractivity contribution >= 4 is 22.2 Å². The first-order chi connectivity index (χ1) is 15.4. The van der Waals surface area contributed by atoms with Crippen molar-refractivity contribution in [2.75, 3.05) is 0 Å². The highest BCUT2D eigenvalue weighted by Gasteiger charge is 2.27. The van der Waals surface area contributed by atoms with E-state index in [1.54, 1.807) is 35.4 Å². The summed E-state index contributed by atoms with van der Waals surface area (Å²) in [6, 6.07) is 14.1. The van der Waals surface area contributed by atoms with Gasteiger partial charge in [-0.3, -0.25) is 0 Å². The smallest absolute Gasteiger partial charge is 0.308 e. The van der Waals surface area contributed by atoms with Gasteiger partial charge in [0.1, 0.15) is 22.7 Å². The van der Waals surface area contributed by atoms with Gasteiger partial charge in [0.05, 0.1) is 17.4 Å². The number of rotatable bonds is 4. The van der Waals surface area contributed by atoms with E-state index in [1.807, 2.05) is 41.8 Å². The van der Waals surface area contributed by atoms with Gasteiger partial charge in [-0.25, -0.2) is 34.5 Å². The van der Waals surface area contributed by atoms with E-state index in [1.165, 1.54) is 17.6 Å². The lowest BCUT2D eigenvalue weighted by Crippen LogP contribution is -2.02. The van der Waals surface area contributed by atoms with Crippen molar-refractivity contribution in [1.29, 1.82) is 0 Å². The van der Waals surface area contributed by atoms with E-state index in [0.717, 1.165) is 21.6 Å². The van der Waals surface area contributed by atoms with Crippen molar-refractivity contribution in [3.63, 3.8) is 0 Å². The first-order valence-corrected chi connectivity index (χ1v) is 10.3. The molecule has 31 heavy (non-hydrogen) atoms. The van der Waals surface area contributed by atoms with Crippen molar-refractivity contribution in [2.24, 2.45) is 0 Å². The molecule has 0 spiro atoms. The zero-order valence-electron chi connectivity index (χ0n) is 16.0. The lowest BCUT2D eigenvalue weighted by Gasteiger charge is -2.07. The molecule has 0 bridgehead atoms. The van der Waals surface area contributed by atoms with Crippen molar-refractivity contribution in [3.8, 4) is 39.8 Å². The summed E-state index contributed by atoms with van der Waals surface area (Å²) in [5, 5.41) is 3.73. The Kier molecular flexibility index (Phi) is 4.10. The van der Waals surface area contributed by atoms with Gasteiger partial charge in [-0.15, -0.1) is 11.3 Å². The Morgan fingerprint density at radius 1 is 0.806 bits per heavy atom. The summed E-state index contributed by atoms with van der Waals surface area (Å²) < 4.78 is 7.44. The number of thiazole rings is 1. The summed E-state index contributed by atoms with van der Waals surface area (Å²) in [6.07, 6.45) is 8.21. The van der Waals surface area contributed by atoms with Gasteiger partial charge >= 0.3 is 6.01 Å². The fraction of sp³-hybridized carbons (Fsp3) is 0. The SMILES string of the molecule is c1cnc(-c2nc(-c3ccc4ccccc4n3)c(-c3nccs3)n2-c2ncco2)nc1. The van der Waals surface area contributed by atoms with Crippen LogP contribution in [-0.2, 0) is 0 Å².